The summed E-state index contributed by atoms with van der Waals surface area (Å²) in [6, 6.07) is 2.52. The van der Waals surface area contributed by atoms with Crippen molar-refractivity contribution in [1.29, 1.82) is 0 Å². The van der Waals surface area contributed by atoms with Crippen molar-refractivity contribution < 1.29 is 18.6 Å². The lowest BCUT2D eigenvalue weighted by Crippen LogP contribution is -2.55. The standard InChI is InChI=1S/C16H23F2NO2/c1-15(2)10-19(8-7-16(15,3)20)9-11-13(21-4)6-5-12(17)14(11)18/h5-6,20H,7-10H2,1-4H3/t16-/m0/s1. The van der Waals surface area contributed by atoms with Gasteiger partial charge < -0.3 is 9.84 Å². The number of hydrogen-bond donors (Lipinski definition) is 1. The number of likely N-dealkylation sites (tertiary alicyclic amines) is 1. The summed E-state index contributed by atoms with van der Waals surface area (Å²) in [7, 11) is 1.45. The van der Waals surface area contributed by atoms with Gasteiger partial charge in [0.25, 0.3) is 0 Å². The minimum absolute atomic E-state index is 0.231. The van der Waals surface area contributed by atoms with Gasteiger partial charge in [-0.3, -0.25) is 4.90 Å². The fourth-order valence-electron chi connectivity index (χ4n) is 2.79. The zero-order chi connectivity index (χ0) is 15.8. The number of methoxy groups -OCH3 is 1. The Balaban J connectivity index is 2.22. The number of piperidine rings is 1. The molecule has 3 nitrogen and oxygen atoms in total. The van der Waals surface area contributed by atoms with Gasteiger partial charge in [-0.2, -0.15) is 0 Å². The number of aliphatic hydroxyl groups is 1. The Bertz CT molecular complexity index is 529. The number of benzene rings is 1. The van der Waals surface area contributed by atoms with Gasteiger partial charge in [-0.15, -0.1) is 0 Å². The van der Waals surface area contributed by atoms with Crippen LogP contribution in [0.5, 0.6) is 5.75 Å². The summed E-state index contributed by atoms with van der Waals surface area (Å²) in [5, 5.41) is 10.4. The van der Waals surface area contributed by atoms with Crippen LogP contribution in [-0.4, -0.2) is 35.8 Å². The van der Waals surface area contributed by atoms with Gasteiger partial charge in [0.05, 0.1) is 12.7 Å². The van der Waals surface area contributed by atoms with E-state index in [-0.39, 0.29) is 17.5 Å². The second kappa shape index (κ2) is 5.54. The lowest BCUT2D eigenvalue weighted by Gasteiger charge is -2.48. The van der Waals surface area contributed by atoms with E-state index in [1.54, 1.807) is 0 Å². The summed E-state index contributed by atoms with van der Waals surface area (Å²) in [5.41, 5.74) is -0.842. The molecule has 1 saturated heterocycles. The van der Waals surface area contributed by atoms with Crippen molar-refractivity contribution in [3.8, 4) is 5.75 Å². The summed E-state index contributed by atoms with van der Waals surface area (Å²) in [6.45, 7) is 7.31. The molecule has 0 bridgehead atoms. The van der Waals surface area contributed by atoms with Crippen LogP contribution in [0.4, 0.5) is 8.78 Å². The molecule has 5 heteroatoms. The van der Waals surface area contributed by atoms with Crippen molar-refractivity contribution in [3.05, 3.63) is 29.3 Å². The number of rotatable bonds is 3. The Labute approximate surface area is 124 Å². The third-order valence-electron chi connectivity index (χ3n) is 4.75. The maximum absolute atomic E-state index is 14.0. The molecule has 1 fully saturated rings. The Morgan fingerprint density at radius 3 is 2.52 bits per heavy atom. The molecule has 1 atom stereocenters. The Hall–Kier alpha value is -1.20. The minimum atomic E-state index is -0.867. The first-order chi connectivity index (χ1) is 9.68. The molecule has 1 aromatic carbocycles. The predicted octanol–water partition coefficient (Wildman–Crippen LogP) is 2.96. The van der Waals surface area contributed by atoms with E-state index in [1.165, 1.54) is 13.2 Å². The van der Waals surface area contributed by atoms with Crippen molar-refractivity contribution >= 4 is 0 Å². The number of ether oxygens (including phenoxy) is 1. The van der Waals surface area contributed by atoms with E-state index >= 15 is 0 Å². The Morgan fingerprint density at radius 2 is 1.95 bits per heavy atom. The molecular formula is C16H23F2NO2. The van der Waals surface area contributed by atoms with E-state index in [0.29, 0.717) is 25.3 Å². The summed E-state index contributed by atoms with van der Waals surface area (Å²) in [4.78, 5) is 2.03. The highest BCUT2D eigenvalue weighted by atomic mass is 19.2. The van der Waals surface area contributed by atoms with Crippen molar-refractivity contribution in [2.75, 3.05) is 20.2 Å². The Morgan fingerprint density at radius 1 is 1.29 bits per heavy atom. The van der Waals surface area contributed by atoms with Gasteiger partial charge in [-0.05, 0) is 25.5 Å². The molecule has 0 spiro atoms. The highest BCUT2D eigenvalue weighted by Gasteiger charge is 2.44. The quantitative estimate of drug-likeness (QED) is 0.931. The normalized spacial score (nSPS) is 25.9. The van der Waals surface area contributed by atoms with Crippen LogP contribution in [0, 0.1) is 17.0 Å². The number of halogens is 2. The molecule has 1 aromatic rings. The molecule has 1 N–H and O–H groups in total. The van der Waals surface area contributed by atoms with Crippen LogP contribution < -0.4 is 4.74 Å². The van der Waals surface area contributed by atoms with E-state index in [9.17, 15) is 13.9 Å². The van der Waals surface area contributed by atoms with E-state index in [1.807, 2.05) is 25.7 Å². The lowest BCUT2D eigenvalue weighted by molar-refractivity contribution is -0.107. The topological polar surface area (TPSA) is 32.7 Å². The minimum Gasteiger partial charge on any atom is -0.496 e. The molecule has 118 valence electrons. The van der Waals surface area contributed by atoms with Crippen LogP contribution in [-0.2, 0) is 6.54 Å². The Kier molecular flexibility index (Phi) is 4.26. The van der Waals surface area contributed by atoms with Crippen molar-refractivity contribution in [2.45, 2.75) is 39.3 Å². The average Bonchev–Trinajstić information content (AvgIpc) is 2.40. The van der Waals surface area contributed by atoms with Gasteiger partial charge in [-0.1, -0.05) is 13.8 Å². The second-order valence-electron chi connectivity index (χ2n) is 6.66. The van der Waals surface area contributed by atoms with Crippen molar-refractivity contribution in [2.24, 2.45) is 5.41 Å². The highest BCUT2D eigenvalue weighted by Crippen LogP contribution is 2.39. The van der Waals surface area contributed by atoms with Crippen LogP contribution in [0.15, 0.2) is 12.1 Å². The molecule has 21 heavy (non-hydrogen) atoms. The second-order valence-corrected chi connectivity index (χ2v) is 6.66. The van der Waals surface area contributed by atoms with E-state index in [2.05, 4.69) is 0 Å². The monoisotopic (exact) mass is 299 g/mol. The molecule has 2 rings (SSSR count). The molecule has 1 heterocycles. The van der Waals surface area contributed by atoms with Crippen LogP contribution in [0.2, 0.25) is 0 Å². The molecule has 0 aliphatic carbocycles. The number of hydrogen-bond acceptors (Lipinski definition) is 3. The summed E-state index contributed by atoms with van der Waals surface area (Å²) < 4.78 is 32.6. The van der Waals surface area contributed by atoms with Gasteiger partial charge >= 0.3 is 0 Å². The molecular weight excluding hydrogens is 276 g/mol. The summed E-state index contributed by atoms with van der Waals surface area (Å²) in [5.74, 6) is -1.37. The van der Waals surface area contributed by atoms with E-state index in [4.69, 9.17) is 4.74 Å². The lowest BCUT2D eigenvalue weighted by atomic mass is 9.71. The molecule has 0 amide bonds. The fourth-order valence-corrected chi connectivity index (χ4v) is 2.79. The van der Waals surface area contributed by atoms with Crippen molar-refractivity contribution in [3.63, 3.8) is 0 Å². The molecule has 0 unspecified atom stereocenters. The van der Waals surface area contributed by atoms with Crippen molar-refractivity contribution in [1.82, 2.24) is 4.90 Å². The van der Waals surface area contributed by atoms with E-state index in [0.717, 1.165) is 6.07 Å². The van der Waals surface area contributed by atoms with Crippen LogP contribution in [0.3, 0.4) is 0 Å². The van der Waals surface area contributed by atoms with Gasteiger partial charge in [0.1, 0.15) is 5.75 Å². The van der Waals surface area contributed by atoms with Gasteiger partial charge in [0.15, 0.2) is 11.6 Å². The fraction of sp³-hybridized carbons (Fsp3) is 0.625. The molecule has 0 radical (unpaired) electrons. The average molecular weight is 299 g/mol. The van der Waals surface area contributed by atoms with Crippen LogP contribution in [0.1, 0.15) is 32.8 Å². The zero-order valence-electron chi connectivity index (χ0n) is 13.0. The molecule has 1 aliphatic heterocycles. The predicted molar refractivity (Wildman–Crippen MR) is 77.2 cm³/mol. The smallest absolute Gasteiger partial charge is 0.167 e. The third kappa shape index (κ3) is 3.04. The third-order valence-corrected chi connectivity index (χ3v) is 4.75. The first kappa shape index (κ1) is 16.2. The maximum Gasteiger partial charge on any atom is 0.167 e. The van der Waals surface area contributed by atoms with Gasteiger partial charge in [0.2, 0.25) is 0 Å². The van der Waals surface area contributed by atoms with Crippen LogP contribution in [0.25, 0.3) is 0 Å². The SMILES string of the molecule is COc1ccc(F)c(F)c1CN1CC[C@](C)(O)C(C)(C)C1. The van der Waals surface area contributed by atoms with Gasteiger partial charge in [0, 0.05) is 30.6 Å². The maximum atomic E-state index is 14.0. The summed E-state index contributed by atoms with van der Waals surface area (Å²) >= 11 is 0. The highest BCUT2D eigenvalue weighted by molar-refractivity contribution is 5.35. The van der Waals surface area contributed by atoms with Crippen LogP contribution >= 0.6 is 0 Å². The first-order valence-electron chi connectivity index (χ1n) is 7.13. The largest absolute Gasteiger partial charge is 0.496 e. The summed E-state index contributed by atoms with van der Waals surface area (Å²) in [6.07, 6.45) is 0.596. The molecule has 1 aliphatic rings. The zero-order valence-corrected chi connectivity index (χ0v) is 13.0. The molecule has 0 saturated carbocycles. The molecule has 0 aromatic heterocycles. The van der Waals surface area contributed by atoms with E-state index < -0.39 is 17.2 Å². The first-order valence-corrected chi connectivity index (χ1v) is 7.13. The number of nitrogens with zero attached hydrogens (tertiary/aromatic N) is 1. The van der Waals surface area contributed by atoms with Gasteiger partial charge in [-0.25, -0.2) is 8.78 Å².